The highest BCUT2D eigenvalue weighted by atomic mass is 16.3. The van der Waals surface area contributed by atoms with E-state index in [0.29, 0.717) is 6.42 Å². The van der Waals surface area contributed by atoms with E-state index < -0.39 is 0 Å². The minimum Gasteiger partial charge on any atom is -0.394 e. The first-order valence-corrected chi connectivity index (χ1v) is 7.66. The standard InChI is InChI=1S/C18H21NO2/c20-13-17-6-3-11-19(17)18(21)10-8-14-7-9-15-4-1-2-5-16(15)12-14/h1-2,4-5,7,9,12,17,20H,3,6,8,10-11,13H2/t17-/m0/s1. The lowest BCUT2D eigenvalue weighted by atomic mass is 10.0. The lowest BCUT2D eigenvalue weighted by molar-refractivity contribution is -0.132. The van der Waals surface area contributed by atoms with Gasteiger partial charge in [-0.2, -0.15) is 0 Å². The Kier molecular flexibility index (Phi) is 4.20. The summed E-state index contributed by atoms with van der Waals surface area (Å²) < 4.78 is 0. The molecule has 0 radical (unpaired) electrons. The van der Waals surface area contributed by atoms with E-state index in [1.807, 2.05) is 17.0 Å². The maximum Gasteiger partial charge on any atom is 0.223 e. The van der Waals surface area contributed by atoms with Gasteiger partial charge in [0.2, 0.25) is 5.91 Å². The van der Waals surface area contributed by atoms with Crippen LogP contribution in [0.2, 0.25) is 0 Å². The minimum absolute atomic E-state index is 0.0362. The number of hydrogen-bond donors (Lipinski definition) is 1. The molecule has 3 nitrogen and oxygen atoms in total. The van der Waals surface area contributed by atoms with Gasteiger partial charge < -0.3 is 10.0 Å². The molecule has 3 rings (SSSR count). The summed E-state index contributed by atoms with van der Waals surface area (Å²) in [4.78, 5) is 14.1. The molecule has 0 aromatic heterocycles. The first-order valence-electron chi connectivity index (χ1n) is 7.66. The highest BCUT2D eigenvalue weighted by Crippen LogP contribution is 2.20. The fourth-order valence-electron chi connectivity index (χ4n) is 3.14. The predicted molar refractivity (Wildman–Crippen MR) is 84.1 cm³/mol. The van der Waals surface area contributed by atoms with Gasteiger partial charge >= 0.3 is 0 Å². The Labute approximate surface area is 125 Å². The molecule has 0 aliphatic carbocycles. The van der Waals surface area contributed by atoms with Crippen molar-refractivity contribution in [2.75, 3.05) is 13.2 Å². The molecule has 1 aliphatic heterocycles. The van der Waals surface area contributed by atoms with Crippen LogP contribution in [0.15, 0.2) is 42.5 Å². The van der Waals surface area contributed by atoms with Crippen LogP contribution < -0.4 is 0 Å². The average Bonchev–Trinajstić information content (AvgIpc) is 3.01. The number of likely N-dealkylation sites (tertiary alicyclic amines) is 1. The molecule has 1 N–H and O–H groups in total. The van der Waals surface area contributed by atoms with Gasteiger partial charge in [-0.05, 0) is 35.6 Å². The molecule has 1 atom stereocenters. The van der Waals surface area contributed by atoms with Gasteiger partial charge in [0.05, 0.1) is 12.6 Å². The van der Waals surface area contributed by atoms with Crippen LogP contribution in [0.1, 0.15) is 24.8 Å². The van der Waals surface area contributed by atoms with Crippen molar-refractivity contribution in [3.8, 4) is 0 Å². The van der Waals surface area contributed by atoms with Crippen LogP contribution in [0.5, 0.6) is 0 Å². The number of amides is 1. The van der Waals surface area contributed by atoms with Gasteiger partial charge in [-0.3, -0.25) is 4.79 Å². The molecule has 3 heteroatoms. The second-order valence-corrected chi connectivity index (χ2v) is 5.75. The van der Waals surface area contributed by atoms with E-state index in [-0.39, 0.29) is 18.6 Å². The minimum atomic E-state index is 0.0362. The lowest BCUT2D eigenvalue weighted by Gasteiger charge is -2.23. The SMILES string of the molecule is O=C(CCc1ccc2ccccc2c1)N1CCC[C@H]1CO. The van der Waals surface area contributed by atoms with E-state index >= 15 is 0 Å². The summed E-state index contributed by atoms with van der Waals surface area (Å²) in [6.45, 7) is 0.878. The molecule has 0 saturated carbocycles. The van der Waals surface area contributed by atoms with Crippen LogP contribution in [-0.2, 0) is 11.2 Å². The Balaban J connectivity index is 1.64. The second-order valence-electron chi connectivity index (χ2n) is 5.75. The third-order valence-corrected chi connectivity index (χ3v) is 4.35. The fraction of sp³-hybridized carbons (Fsp3) is 0.389. The maximum absolute atomic E-state index is 12.3. The number of carbonyl (C=O) groups excluding carboxylic acids is 1. The highest BCUT2D eigenvalue weighted by Gasteiger charge is 2.27. The van der Waals surface area contributed by atoms with Crippen LogP contribution in [0.4, 0.5) is 0 Å². The number of rotatable bonds is 4. The Morgan fingerprint density at radius 1 is 1.19 bits per heavy atom. The molecule has 2 aromatic rings. The van der Waals surface area contributed by atoms with Gasteiger partial charge in [0.1, 0.15) is 0 Å². The summed E-state index contributed by atoms with van der Waals surface area (Å²) in [5.41, 5.74) is 1.20. The maximum atomic E-state index is 12.3. The largest absolute Gasteiger partial charge is 0.394 e. The van der Waals surface area contributed by atoms with Crippen molar-refractivity contribution in [2.24, 2.45) is 0 Å². The molecule has 0 unspecified atom stereocenters. The average molecular weight is 283 g/mol. The van der Waals surface area contributed by atoms with E-state index in [1.165, 1.54) is 16.3 Å². The zero-order valence-electron chi connectivity index (χ0n) is 12.2. The van der Waals surface area contributed by atoms with Crippen molar-refractivity contribution in [1.82, 2.24) is 4.90 Å². The van der Waals surface area contributed by atoms with Gasteiger partial charge in [-0.1, -0.05) is 42.5 Å². The van der Waals surface area contributed by atoms with E-state index in [1.54, 1.807) is 0 Å². The smallest absolute Gasteiger partial charge is 0.223 e. The van der Waals surface area contributed by atoms with Crippen LogP contribution in [-0.4, -0.2) is 35.1 Å². The molecule has 1 aliphatic rings. The Morgan fingerprint density at radius 2 is 2.00 bits per heavy atom. The van der Waals surface area contributed by atoms with Gasteiger partial charge in [-0.15, -0.1) is 0 Å². The number of carbonyl (C=O) groups is 1. The third-order valence-electron chi connectivity index (χ3n) is 4.35. The summed E-state index contributed by atoms with van der Waals surface area (Å²) in [6.07, 6.45) is 3.22. The van der Waals surface area contributed by atoms with Gasteiger partial charge in [0.15, 0.2) is 0 Å². The molecule has 1 heterocycles. The Morgan fingerprint density at radius 3 is 2.81 bits per heavy atom. The summed E-state index contributed by atoms with van der Waals surface area (Å²) in [7, 11) is 0. The van der Waals surface area contributed by atoms with E-state index in [2.05, 4.69) is 30.3 Å². The summed E-state index contributed by atoms with van der Waals surface area (Å²) in [5, 5.41) is 11.7. The molecule has 1 fully saturated rings. The number of nitrogens with zero attached hydrogens (tertiary/aromatic N) is 1. The number of hydrogen-bond acceptors (Lipinski definition) is 2. The lowest BCUT2D eigenvalue weighted by Crippen LogP contribution is -2.37. The van der Waals surface area contributed by atoms with E-state index in [0.717, 1.165) is 25.8 Å². The van der Waals surface area contributed by atoms with E-state index in [9.17, 15) is 9.90 Å². The first kappa shape index (κ1) is 14.1. The molecular weight excluding hydrogens is 262 g/mol. The summed E-state index contributed by atoms with van der Waals surface area (Å²) in [5.74, 6) is 0.166. The van der Waals surface area contributed by atoms with Gasteiger partial charge in [0, 0.05) is 13.0 Å². The van der Waals surface area contributed by atoms with Crippen LogP contribution in [0, 0.1) is 0 Å². The van der Waals surface area contributed by atoms with Crippen LogP contribution in [0.3, 0.4) is 0 Å². The van der Waals surface area contributed by atoms with Crippen molar-refractivity contribution >= 4 is 16.7 Å². The van der Waals surface area contributed by atoms with Crippen molar-refractivity contribution in [1.29, 1.82) is 0 Å². The first-order chi connectivity index (χ1) is 10.3. The fourth-order valence-corrected chi connectivity index (χ4v) is 3.14. The van der Waals surface area contributed by atoms with Crippen molar-refractivity contribution in [3.63, 3.8) is 0 Å². The van der Waals surface area contributed by atoms with Crippen molar-refractivity contribution < 1.29 is 9.90 Å². The third kappa shape index (κ3) is 3.08. The number of benzene rings is 2. The monoisotopic (exact) mass is 283 g/mol. The van der Waals surface area contributed by atoms with Crippen LogP contribution >= 0.6 is 0 Å². The zero-order valence-corrected chi connectivity index (χ0v) is 12.2. The number of fused-ring (bicyclic) bond motifs is 1. The van der Waals surface area contributed by atoms with Crippen molar-refractivity contribution in [3.05, 3.63) is 48.0 Å². The molecular formula is C18H21NO2. The van der Waals surface area contributed by atoms with E-state index in [4.69, 9.17) is 0 Å². The topological polar surface area (TPSA) is 40.5 Å². The number of aryl methyl sites for hydroxylation is 1. The quantitative estimate of drug-likeness (QED) is 0.937. The Hall–Kier alpha value is -1.87. The normalized spacial score (nSPS) is 18.3. The zero-order chi connectivity index (χ0) is 14.7. The molecule has 1 saturated heterocycles. The molecule has 21 heavy (non-hydrogen) atoms. The van der Waals surface area contributed by atoms with Gasteiger partial charge in [-0.25, -0.2) is 0 Å². The molecule has 0 bridgehead atoms. The molecule has 2 aromatic carbocycles. The summed E-state index contributed by atoms with van der Waals surface area (Å²) >= 11 is 0. The van der Waals surface area contributed by atoms with Crippen LogP contribution in [0.25, 0.3) is 10.8 Å². The number of aliphatic hydroxyl groups excluding tert-OH is 1. The highest BCUT2D eigenvalue weighted by molar-refractivity contribution is 5.83. The molecule has 1 amide bonds. The second kappa shape index (κ2) is 6.27. The predicted octanol–water partition coefficient (Wildman–Crippen LogP) is 2.76. The summed E-state index contributed by atoms with van der Waals surface area (Å²) in [6, 6.07) is 14.7. The number of aliphatic hydroxyl groups is 1. The molecule has 0 spiro atoms. The van der Waals surface area contributed by atoms with Gasteiger partial charge in [0.25, 0.3) is 0 Å². The van der Waals surface area contributed by atoms with Crippen molar-refractivity contribution in [2.45, 2.75) is 31.7 Å². The molecule has 110 valence electrons. The Bertz CT molecular complexity index is 638.